The van der Waals surface area contributed by atoms with Gasteiger partial charge in [0.2, 0.25) is 0 Å². The highest BCUT2D eigenvalue weighted by Gasteiger charge is 2.02. The lowest BCUT2D eigenvalue weighted by molar-refractivity contribution is 0.268. The van der Waals surface area contributed by atoms with Crippen LogP contribution in [0, 0.1) is 6.92 Å². The summed E-state index contributed by atoms with van der Waals surface area (Å²) in [6.07, 6.45) is 0. The maximum atomic E-state index is 9.48. The van der Waals surface area contributed by atoms with Crippen LogP contribution in [-0.4, -0.2) is 5.11 Å². The van der Waals surface area contributed by atoms with E-state index in [0.717, 1.165) is 28.0 Å². The van der Waals surface area contributed by atoms with E-state index >= 15 is 0 Å². The first kappa shape index (κ1) is 11.7. The number of fused-ring (bicyclic) bond motifs is 1. The third-order valence-electron chi connectivity index (χ3n) is 2.97. The van der Waals surface area contributed by atoms with Crippen LogP contribution in [0.15, 0.2) is 52.9 Å². The summed E-state index contributed by atoms with van der Waals surface area (Å²) >= 11 is 0. The molecular weight excluding hydrogens is 240 g/mol. The van der Waals surface area contributed by atoms with Gasteiger partial charge in [0.05, 0.1) is 0 Å². The summed E-state index contributed by atoms with van der Waals surface area (Å²) in [6.45, 7) is 2.31. The van der Waals surface area contributed by atoms with Crippen molar-refractivity contribution in [1.82, 2.24) is 0 Å². The predicted octanol–water partition coefficient (Wildman–Crippen LogP) is 4.03. The van der Waals surface area contributed by atoms with Gasteiger partial charge in [0.25, 0.3) is 0 Å². The molecule has 3 aromatic rings. The Morgan fingerprint density at radius 3 is 2.63 bits per heavy atom. The van der Waals surface area contributed by atoms with Crippen molar-refractivity contribution in [3.8, 4) is 11.5 Å². The van der Waals surface area contributed by atoms with Crippen LogP contribution in [0.4, 0.5) is 0 Å². The monoisotopic (exact) mass is 254 g/mol. The Hall–Kier alpha value is -2.42. The van der Waals surface area contributed by atoms with E-state index in [1.165, 1.54) is 0 Å². The average molecular weight is 254 g/mol. The minimum atomic E-state index is 0.256. The number of furan rings is 1. The van der Waals surface area contributed by atoms with E-state index in [0.29, 0.717) is 6.61 Å². The highest BCUT2D eigenvalue weighted by molar-refractivity contribution is 5.85. The molecule has 2 aromatic carbocycles. The Kier molecular flexibility index (Phi) is 2.88. The highest BCUT2D eigenvalue weighted by Crippen LogP contribution is 2.25. The summed E-state index contributed by atoms with van der Waals surface area (Å²) in [5.41, 5.74) is 0. The summed E-state index contributed by atoms with van der Waals surface area (Å²) < 4.78 is 11.1. The first-order chi connectivity index (χ1) is 9.20. The maximum Gasteiger partial charge on any atom is 0.146 e. The van der Waals surface area contributed by atoms with Gasteiger partial charge in [-0.15, -0.1) is 0 Å². The summed E-state index contributed by atoms with van der Waals surface area (Å²) in [5.74, 6) is 2.69. The van der Waals surface area contributed by atoms with Crippen LogP contribution in [0.2, 0.25) is 0 Å². The Labute approximate surface area is 111 Å². The highest BCUT2D eigenvalue weighted by atomic mass is 16.5. The second-order valence-electron chi connectivity index (χ2n) is 4.49. The molecule has 3 nitrogen and oxygen atoms in total. The number of rotatable bonds is 3. The normalized spacial score (nSPS) is 10.8. The standard InChI is InChI=1S/C16H14O3/c1-11-2-6-16(19-11)10-18-15-7-4-12-3-5-14(17)8-13(12)9-15/h2-9,17H,10H2,1H3. The van der Waals surface area contributed by atoms with Crippen molar-refractivity contribution in [1.29, 1.82) is 0 Å². The van der Waals surface area contributed by atoms with Crippen molar-refractivity contribution in [2.75, 3.05) is 0 Å². The predicted molar refractivity (Wildman–Crippen MR) is 73.4 cm³/mol. The smallest absolute Gasteiger partial charge is 0.146 e. The lowest BCUT2D eigenvalue weighted by atomic mass is 10.1. The Morgan fingerprint density at radius 1 is 1.00 bits per heavy atom. The van der Waals surface area contributed by atoms with E-state index in [1.54, 1.807) is 12.1 Å². The molecule has 0 unspecified atom stereocenters. The molecule has 3 heteroatoms. The largest absolute Gasteiger partial charge is 0.508 e. The second-order valence-corrected chi connectivity index (χ2v) is 4.49. The number of ether oxygens (including phenoxy) is 1. The van der Waals surface area contributed by atoms with Gasteiger partial charge < -0.3 is 14.3 Å². The quantitative estimate of drug-likeness (QED) is 0.767. The van der Waals surface area contributed by atoms with E-state index in [1.807, 2.05) is 43.3 Å². The molecule has 0 saturated carbocycles. The number of hydrogen-bond acceptors (Lipinski definition) is 3. The number of aryl methyl sites for hydroxylation is 1. The van der Waals surface area contributed by atoms with Gasteiger partial charge in [0.15, 0.2) is 0 Å². The Morgan fingerprint density at radius 2 is 1.84 bits per heavy atom. The molecule has 1 N–H and O–H groups in total. The molecule has 0 aliphatic heterocycles. The molecule has 0 fully saturated rings. The molecule has 0 radical (unpaired) electrons. The molecule has 0 spiro atoms. The fourth-order valence-electron chi connectivity index (χ4n) is 2.02. The molecule has 19 heavy (non-hydrogen) atoms. The van der Waals surface area contributed by atoms with Crippen LogP contribution in [-0.2, 0) is 6.61 Å². The molecule has 0 saturated heterocycles. The fourth-order valence-corrected chi connectivity index (χ4v) is 2.02. The third kappa shape index (κ3) is 2.55. The molecular formula is C16H14O3. The molecule has 0 aliphatic rings. The van der Waals surface area contributed by atoms with E-state index in [9.17, 15) is 5.11 Å². The van der Waals surface area contributed by atoms with Crippen LogP contribution < -0.4 is 4.74 Å². The maximum absolute atomic E-state index is 9.48. The second kappa shape index (κ2) is 4.69. The van der Waals surface area contributed by atoms with Crippen molar-refractivity contribution in [2.45, 2.75) is 13.5 Å². The molecule has 96 valence electrons. The number of hydrogen-bond donors (Lipinski definition) is 1. The van der Waals surface area contributed by atoms with Gasteiger partial charge in [-0.05, 0) is 54.1 Å². The van der Waals surface area contributed by atoms with Crippen LogP contribution in [0.5, 0.6) is 11.5 Å². The van der Waals surface area contributed by atoms with Gasteiger partial charge in [-0.2, -0.15) is 0 Å². The van der Waals surface area contributed by atoms with Crippen molar-refractivity contribution in [2.24, 2.45) is 0 Å². The van der Waals surface area contributed by atoms with E-state index in [2.05, 4.69) is 0 Å². The van der Waals surface area contributed by atoms with Gasteiger partial charge >= 0.3 is 0 Å². The van der Waals surface area contributed by atoms with Gasteiger partial charge in [-0.25, -0.2) is 0 Å². The van der Waals surface area contributed by atoms with Crippen molar-refractivity contribution in [3.63, 3.8) is 0 Å². The number of phenols is 1. The minimum absolute atomic E-state index is 0.256. The molecule has 3 rings (SSSR count). The van der Waals surface area contributed by atoms with E-state index < -0.39 is 0 Å². The molecule has 0 bridgehead atoms. The lowest BCUT2D eigenvalue weighted by Crippen LogP contribution is -1.93. The van der Waals surface area contributed by atoms with Crippen LogP contribution >= 0.6 is 0 Å². The first-order valence-corrected chi connectivity index (χ1v) is 6.11. The van der Waals surface area contributed by atoms with Gasteiger partial charge in [-0.3, -0.25) is 0 Å². The van der Waals surface area contributed by atoms with Crippen LogP contribution in [0.3, 0.4) is 0 Å². The average Bonchev–Trinajstić information content (AvgIpc) is 2.81. The van der Waals surface area contributed by atoms with Crippen LogP contribution in [0.1, 0.15) is 11.5 Å². The van der Waals surface area contributed by atoms with Gasteiger partial charge in [-0.1, -0.05) is 12.1 Å². The number of aromatic hydroxyl groups is 1. The fraction of sp³-hybridized carbons (Fsp3) is 0.125. The van der Waals surface area contributed by atoms with Crippen molar-refractivity contribution in [3.05, 3.63) is 60.1 Å². The SMILES string of the molecule is Cc1ccc(COc2ccc3ccc(O)cc3c2)o1. The first-order valence-electron chi connectivity index (χ1n) is 6.11. The molecule has 1 heterocycles. The van der Waals surface area contributed by atoms with Gasteiger partial charge in [0.1, 0.15) is 29.6 Å². The molecule has 1 aromatic heterocycles. The number of benzene rings is 2. The third-order valence-corrected chi connectivity index (χ3v) is 2.97. The summed E-state index contributed by atoms with van der Waals surface area (Å²) in [7, 11) is 0. The molecule has 0 aliphatic carbocycles. The Balaban J connectivity index is 1.81. The lowest BCUT2D eigenvalue weighted by Gasteiger charge is -2.06. The zero-order valence-corrected chi connectivity index (χ0v) is 10.6. The zero-order valence-electron chi connectivity index (χ0n) is 10.6. The van der Waals surface area contributed by atoms with Crippen molar-refractivity contribution < 1.29 is 14.3 Å². The zero-order chi connectivity index (χ0) is 13.2. The molecule has 0 atom stereocenters. The van der Waals surface area contributed by atoms with E-state index in [4.69, 9.17) is 9.15 Å². The van der Waals surface area contributed by atoms with Gasteiger partial charge in [0, 0.05) is 0 Å². The van der Waals surface area contributed by atoms with E-state index in [-0.39, 0.29) is 5.75 Å². The topological polar surface area (TPSA) is 42.6 Å². The van der Waals surface area contributed by atoms with Crippen LogP contribution in [0.25, 0.3) is 10.8 Å². The minimum Gasteiger partial charge on any atom is -0.508 e. The summed E-state index contributed by atoms with van der Waals surface area (Å²) in [4.78, 5) is 0. The summed E-state index contributed by atoms with van der Waals surface area (Å²) in [5, 5.41) is 11.5. The number of phenolic OH excluding ortho intramolecular Hbond substituents is 1. The Bertz CT molecular complexity index is 713. The molecule has 0 amide bonds. The van der Waals surface area contributed by atoms with Crippen molar-refractivity contribution >= 4 is 10.8 Å². The summed E-state index contributed by atoms with van der Waals surface area (Å²) in [6, 6.07) is 14.9.